The smallest absolute Gasteiger partial charge is 0.409 e. The first-order valence-corrected chi connectivity index (χ1v) is 12.1. The fraction of sp³-hybridized carbons (Fsp3) is 0.370. The Morgan fingerprint density at radius 3 is 2.53 bits per heavy atom. The Balaban J connectivity index is 1.60. The van der Waals surface area contributed by atoms with Crippen LogP contribution in [0.5, 0.6) is 0 Å². The maximum Gasteiger partial charge on any atom is 0.409 e. The van der Waals surface area contributed by atoms with Gasteiger partial charge >= 0.3 is 6.09 Å². The predicted molar refractivity (Wildman–Crippen MR) is 135 cm³/mol. The number of hydrogen-bond acceptors (Lipinski definition) is 4. The summed E-state index contributed by atoms with van der Waals surface area (Å²) in [5.74, 6) is -0.0774. The third-order valence-electron chi connectivity index (χ3n) is 6.30. The van der Waals surface area contributed by atoms with E-state index in [4.69, 9.17) is 21.3 Å². The van der Waals surface area contributed by atoms with Crippen molar-refractivity contribution in [2.75, 3.05) is 26.2 Å². The van der Waals surface area contributed by atoms with Gasteiger partial charge in [-0.25, -0.2) is 9.78 Å². The van der Waals surface area contributed by atoms with Gasteiger partial charge in [0.2, 0.25) is 0 Å². The molecule has 0 N–H and O–H groups in total. The Morgan fingerprint density at radius 1 is 1.12 bits per heavy atom. The summed E-state index contributed by atoms with van der Waals surface area (Å²) in [5, 5.41) is 1.47. The van der Waals surface area contributed by atoms with Gasteiger partial charge in [-0.05, 0) is 44.9 Å². The molecule has 6 nitrogen and oxygen atoms in total. The van der Waals surface area contributed by atoms with Crippen LogP contribution in [-0.2, 0) is 4.74 Å². The van der Waals surface area contributed by atoms with Crippen LogP contribution < -0.4 is 0 Å². The number of rotatable bonds is 4. The number of carbonyl (C=O) groups excluding carboxylic acids is 2. The zero-order chi connectivity index (χ0) is 24.4. The molecule has 4 rings (SSSR count). The first-order valence-electron chi connectivity index (χ1n) is 11.7. The second-order valence-electron chi connectivity index (χ2n) is 8.91. The van der Waals surface area contributed by atoms with Crippen LogP contribution in [0.15, 0.2) is 42.5 Å². The summed E-state index contributed by atoms with van der Waals surface area (Å²) >= 11 is 6.71. The molecule has 1 saturated heterocycles. The summed E-state index contributed by atoms with van der Waals surface area (Å²) in [6.45, 7) is 9.68. The molecule has 34 heavy (non-hydrogen) atoms. The molecule has 0 aliphatic carbocycles. The van der Waals surface area contributed by atoms with Crippen LogP contribution in [0.1, 0.15) is 41.8 Å². The number of aryl methyl sites for hydroxylation is 1. The number of amides is 2. The summed E-state index contributed by atoms with van der Waals surface area (Å²) in [6, 6.07) is 13.5. The molecule has 3 aromatic rings. The largest absolute Gasteiger partial charge is 0.449 e. The summed E-state index contributed by atoms with van der Waals surface area (Å²) in [4.78, 5) is 33.9. The maximum absolute atomic E-state index is 13.4. The Hall–Kier alpha value is -3.12. The maximum atomic E-state index is 13.4. The highest BCUT2D eigenvalue weighted by atomic mass is 35.5. The molecule has 1 fully saturated rings. The van der Waals surface area contributed by atoms with Crippen molar-refractivity contribution < 1.29 is 14.3 Å². The van der Waals surface area contributed by atoms with Gasteiger partial charge in [0.25, 0.3) is 5.91 Å². The number of benzene rings is 2. The topological polar surface area (TPSA) is 62.7 Å². The number of hydrogen-bond donors (Lipinski definition) is 0. The Labute approximate surface area is 205 Å². The van der Waals surface area contributed by atoms with Gasteiger partial charge in [0.05, 0.1) is 22.8 Å². The second-order valence-corrected chi connectivity index (χ2v) is 9.28. The van der Waals surface area contributed by atoms with E-state index in [0.717, 1.165) is 28.6 Å². The molecular formula is C27H30ClN3O3. The van der Waals surface area contributed by atoms with Crippen LogP contribution in [0.2, 0.25) is 5.02 Å². The molecule has 2 aromatic carbocycles. The highest BCUT2D eigenvalue weighted by Crippen LogP contribution is 2.33. The molecule has 7 heteroatoms. The van der Waals surface area contributed by atoms with Crippen LogP contribution in [0.3, 0.4) is 0 Å². The van der Waals surface area contributed by atoms with Crippen molar-refractivity contribution in [3.63, 3.8) is 0 Å². The quantitative estimate of drug-likeness (QED) is 0.469. The van der Waals surface area contributed by atoms with E-state index < -0.39 is 0 Å². The standard InChI is InChI=1S/C27H30ClN3O3/c1-5-14-34-27(33)30-12-13-31(18(3)16-30)26(32)21-10-11-22-23(15-21)29-25(19(4)24(22)28)20-8-6-17(2)7-9-20/h6-11,15,18H,5,12-14,16H2,1-4H3/t18-/m1/s1. The lowest BCUT2D eigenvalue weighted by molar-refractivity contribution is 0.0414. The average molecular weight is 480 g/mol. The molecule has 0 bridgehead atoms. The van der Waals surface area contributed by atoms with E-state index in [0.29, 0.717) is 42.3 Å². The molecule has 0 saturated carbocycles. The number of nitrogens with zero attached hydrogens (tertiary/aromatic N) is 3. The van der Waals surface area contributed by atoms with Crippen molar-refractivity contribution >= 4 is 34.5 Å². The van der Waals surface area contributed by atoms with Gasteiger partial charge in [0.15, 0.2) is 0 Å². The monoisotopic (exact) mass is 479 g/mol. The number of piperazine rings is 1. The minimum atomic E-state index is -0.315. The van der Waals surface area contributed by atoms with Crippen molar-refractivity contribution in [1.29, 1.82) is 0 Å². The van der Waals surface area contributed by atoms with Gasteiger partial charge in [-0.15, -0.1) is 0 Å². The van der Waals surface area contributed by atoms with Crippen molar-refractivity contribution in [2.45, 2.75) is 40.2 Å². The Morgan fingerprint density at radius 2 is 1.85 bits per heavy atom. The van der Waals surface area contributed by atoms with Gasteiger partial charge in [0, 0.05) is 42.2 Å². The van der Waals surface area contributed by atoms with Crippen molar-refractivity contribution in [3.8, 4) is 11.3 Å². The molecule has 0 spiro atoms. The molecule has 178 valence electrons. The zero-order valence-corrected chi connectivity index (χ0v) is 20.9. The lowest BCUT2D eigenvalue weighted by Crippen LogP contribution is -2.55. The van der Waals surface area contributed by atoms with E-state index in [1.807, 2.05) is 64.1 Å². The number of fused-ring (bicyclic) bond motifs is 1. The number of pyridine rings is 1. The third-order valence-corrected chi connectivity index (χ3v) is 6.79. The Bertz CT molecular complexity index is 1230. The number of carbonyl (C=O) groups is 2. The highest BCUT2D eigenvalue weighted by molar-refractivity contribution is 6.36. The zero-order valence-electron chi connectivity index (χ0n) is 20.1. The van der Waals surface area contributed by atoms with Crippen molar-refractivity contribution in [2.24, 2.45) is 0 Å². The SMILES string of the molecule is CCCOC(=O)N1CCN(C(=O)c2ccc3c(Cl)c(C)c(-c4ccc(C)cc4)nc3c2)[C@H](C)C1. The molecular weight excluding hydrogens is 450 g/mol. The van der Waals surface area contributed by atoms with Crippen LogP contribution in [-0.4, -0.2) is 59.1 Å². The van der Waals surface area contributed by atoms with Crippen LogP contribution in [0.4, 0.5) is 4.79 Å². The fourth-order valence-corrected chi connectivity index (χ4v) is 4.57. The van der Waals surface area contributed by atoms with Gasteiger partial charge in [0.1, 0.15) is 0 Å². The summed E-state index contributed by atoms with van der Waals surface area (Å²) in [7, 11) is 0. The van der Waals surface area contributed by atoms with E-state index in [9.17, 15) is 9.59 Å². The molecule has 1 aliphatic heterocycles. The number of halogens is 1. The van der Waals surface area contributed by atoms with Gasteiger partial charge in [-0.3, -0.25) is 4.79 Å². The van der Waals surface area contributed by atoms with Crippen molar-refractivity contribution in [3.05, 3.63) is 64.2 Å². The minimum Gasteiger partial charge on any atom is -0.449 e. The first kappa shape index (κ1) is 24.0. The van der Waals surface area contributed by atoms with E-state index in [1.165, 1.54) is 5.56 Å². The molecule has 1 aromatic heterocycles. The predicted octanol–water partition coefficient (Wildman–Crippen LogP) is 5.86. The lowest BCUT2D eigenvalue weighted by atomic mass is 10.0. The lowest BCUT2D eigenvalue weighted by Gasteiger charge is -2.39. The van der Waals surface area contributed by atoms with Gasteiger partial charge in [-0.1, -0.05) is 54.4 Å². The molecule has 0 unspecified atom stereocenters. The first-order chi connectivity index (χ1) is 16.3. The summed E-state index contributed by atoms with van der Waals surface area (Å²) in [5.41, 5.74) is 5.14. The van der Waals surface area contributed by atoms with Crippen LogP contribution in [0, 0.1) is 13.8 Å². The van der Waals surface area contributed by atoms with E-state index >= 15 is 0 Å². The number of aromatic nitrogens is 1. The number of ether oxygens (including phenoxy) is 1. The third kappa shape index (κ3) is 4.73. The summed E-state index contributed by atoms with van der Waals surface area (Å²) < 4.78 is 5.25. The van der Waals surface area contributed by atoms with Crippen LogP contribution >= 0.6 is 11.6 Å². The fourth-order valence-electron chi connectivity index (χ4n) is 4.32. The second kappa shape index (κ2) is 10.0. The van der Waals surface area contributed by atoms with E-state index in [-0.39, 0.29) is 18.0 Å². The highest BCUT2D eigenvalue weighted by Gasteiger charge is 2.31. The molecule has 1 aliphatic rings. The van der Waals surface area contributed by atoms with Gasteiger partial charge < -0.3 is 14.5 Å². The van der Waals surface area contributed by atoms with Gasteiger partial charge in [-0.2, -0.15) is 0 Å². The van der Waals surface area contributed by atoms with Crippen LogP contribution in [0.25, 0.3) is 22.2 Å². The normalized spacial score (nSPS) is 16.1. The van der Waals surface area contributed by atoms with E-state index in [1.54, 1.807) is 15.9 Å². The molecule has 2 heterocycles. The summed E-state index contributed by atoms with van der Waals surface area (Å²) in [6.07, 6.45) is 0.467. The minimum absolute atomic E-state index is 0.0774. The van der Waals surface area contributed by atoms with E-state index in [2.05, 4.69) is 0 Å². The molecule has 1 atom stereocenters. The molecule has 2 amide bonds. The Kier molecular flexibility index (Phi) is 7.08. The van der Waals surface area contributed by atoms with Crippen molar-refractivity contribution in [1.82, 2.24) is 14.8 Å². The molecule has 0 radical (unpaired) electrons. The average Bonchev–Trinajstić information content (AvgIpc) is 2.84.